The van der Waals surface area contributed by atoms with Gasteiger partial charge < -0.3 is 14.3 Å². The van der Waals surface area contributed by atoms with Gasteiger partial charge in [0.1, 0.15) is 0 Å². The molecule has 0 spiro atoms. The Morgan fingerprint density at radius 3 is 2.67 bits per heavy atom. The van der Waals surface area contributed by atoms with Crippen molar-refractivity contribution in [1.82, 2.24) is 24.8 Å². The lowest BCUT2D eigenvalue weighted by Gasteiger charge is -2.05. The van der Waals surface area contributed by atoms with E-state index in [1.165, 1.54) is 5.06 Å². The van der Waals surface area contributed by atoms with Crippen molar-refractivity contribution in [3.63, 3.8) is 0 Å². The molecule has 0 radical (unpaired) electrons. The first-order chi connectivity index (χ1) is 8.56. The van der Waals surface area contributed by atoms with Gasteiger partial charge in [-0.25, -0.2) is 4.98 Å². The Morgan fingerprint density at radius 1 is 1.28 bits per heavy atom. The number of imidazole rings is 1. The molecule has 0 bridgehead atoms. The van der Waals surface area contributed by atoms with E-state index in [0.29, 0.717) is 30.6 Å². The summed E-state index contributed by atoms with van der Waals surface area (Å²) in [5.41, 5.74) is 1.86. The molecule has 0 amide bonds. The van der Waals surface area contributed by atoms with Gasteiger partial charge in [0.25, 0.3) is 0 Å². The number of rotatable bonds is 2. The van der Waals surface area contributed by atoms with E-state index in [0.717, 1.165) is 11.4 Å². The molecule has 96 valence electrons. The summed E-state index contributed by atoms with van der Waals surface area (Å²) in [6, 6.07) is 0. The molecule has 0 fully saturated rings. The molecule has 0 atom stereocenters. The molecule has 2 aromatic heterocycles. The van der Waals surface area contributed by atoms with Gasteiger partial charge in [0, 0.05) is 13.0 Å². The highest BCUT2D eigenvalue weighted by Crippen LogP contribution is 2.26. The van der Waals surface area contributed by atoms with Crippen LogP contribution in [0, 0.1) is 0 Å². The molecule has 0 saturated carbocycles. The fraction of sp³-hybridized carbons (Fsp3) is 0.545. The highest BCUT2D eigenvalue weighted by atomic mass is 16.5. The summed E-state index contributed by atoms with van der Waals surface area (Å²) in [5, 5.41) is 14.6. The zero-order chi connectivity index (χ0) is 12.9. The fourth-order valence-electron chi connectivity index (χ4n) is 2.07. The lowest BCUT2D eigenvalue weighted by Crippen LogP contribution is -2.12. The topological polar surface area (TPSA) is 80.2 Å². The summed E-state index contributed by atoms with van der Waals surface area (Å²) < 4.78 is 7.09. The standard InChI is InChI=1S/C11H15N5O2/c1-6(2)11-13-9(14-18-11)10-12-7-4-16(17)5-8(7)15(10)3/h6,17H,4-5H2,1-3H3. The van der Waals surface area contributed by atoms with E-state index in [4.69, 9.17) is 4.52 Å². The first kappa shape index (κ1) is 11.4. The van der Waals surface area contributed by atoms with Gasteiger partial charge in [0.2, 0.25) is 11.7 Å². The van der Waals surface area contributed by atoms with Crippen LogP contribution in [0.3, 0.4) is 0 Å². The quantitative estimate of drug-likeness (QED) is 0.864. The lowest BCUT2D eigenvalue weighted by atomic mass is 10.2. The molecule has 2 aromatic rings. The molecule has 3 heterocycles. The van der Waals surface area contributed by atoms with Crippen LogP contribution in [0.2, 0.25) is 0 Å². The molecule has 0 aliphatic carbocycles. The van der Waals surface area contributed by atoms with Gasteiger partial charge in [-0.2, -0.15) is 10.0 Å². The Bertz CT molecular complexity index is 586. The Balaban J connectivity index is 2.00. The highest BCUT2D eigenvalue weighted by molar-refractivity contribution is 5.46. The molecular weight excluding hydrogens is 234 g/mol. The summed E-state index contributed by atoms with van der Waals surface area (Å²) in [6.07, 6.45) is 0. The van der Waals surface area contributed by atoms with Crippen molar-refractivity contribution in [2.75, 3.05) is 0 Å². The van der Waals surface area contributed by atoms with Crippen LogP contribution in [0.5, 0.6) is 0 Å². The SMILES string of the molecule is CC(C)c1nc(-c2nc3c(n2C)CN(O)C3)no1. The molecule has 7 nitrogen and oxygen atoms in total. The van der Waals surface area contributed by atoms with Crippen LogP contribution in [-0.2, 0) is 20.1 Å². The normalized spacial score (nSPS) is 15.6. The number of aromatic nitrogens is 4. The maximum Gasteiger partial charge on any atom is 0.238 e. The van der Waals surface area contributed by atoms with E-state index in [1.807, 2.05) is 25.5 Å². The van der Waals surface area contributed by atoms with Gasteiger partial charge in [0.05, 0.1) is 24.5 Å². The Morgan fingerprint density at radius 2 is 2.06 bits per heavy atom. The first-order valence-corrected chi connectivity index (χ1v) is 5.88. The Labute approximate surface area is 104 Å². The predicted molar refractivity (Wildman–Crippen MR) is 61.6 cm³/mol. The minimum atomic E-state index is 0.200. The van der Waals surface area contributed by atoms with Crippen molar-refractivity contribution in [2.45, 2.75) is 32.9 Å². The van der Waals surface area contributed by atoms with Crippen LogP contribution < -0.4 is 0 Å². The van der Waals surface area contributed by atoms with Gasteiger partial charge in [-0.15, -0.1) is 0 Å². The van der Waals surface area contributed by atoms with E-state index in [-0.39, 0.29) is 5.92 Å². The van der Waals surface area contributed by atoms with Crippen LogP contribution in [-0.4, -0.2) is 30.0 Å². The minimum Gasteiger partial charge on any atom is -0.339 e. The summed E-state index contributed by atoms with van der Waals surface area (Å²) in [4.78, 5) is 8.80. The number of fused-ring (bicyclic) bond motifs is 1. The third-order valence-electron chi connectivity index (χ3n) is 3.10. The highest BCUT2D eigenvalue weighted by Gasteiger charge is 2.26. The second kappa shape index (κ2) is 3.89. The largest absolute Gasteiger partial charge is 0.339 e. The van der Waals surface area contributed by atoms with E-state index in [2.05, 4.69) is 15.1 Å². The van der Waals surface area contributed by atoms with E-state index in [1.54, 1.807) is 0 Å². The summed E-state index contributed by atoms with van der Waals surface area (Å²) in [7, 11) is 1.89. The third kappa shape index (κ3) is 1.63. The molecule has 7 heteroatoms. The van der Waals surface area contributed by atoms with Gasteiger partial charge in [-0.05, 0) is 0 Å². The summed E-state index contributed by atoms with van der Waals surface area (Å²) in [6.45, 7) is 4.92. The average Bonchev–Trinajstić information content (AvgIpc) is 2.95. The summed E-state index contributed by atoms with van der Waals surface area (Å²) in [5.74, 6) is 1.99. The van der Waals surface area contributed by atoms with Gasteiger partial charge in [-0.1, -0.05) is 19.0 Å². The van der Waals surface area contributed by atoms with Crippen LogP contribution in [0.4, 0.5) is 0 Å². The smallest absolute Gasteiger partial charge is 0.238 e. The molecule has 0 saturated heterocycles. The van der Waals surface area contributed by atoms with Crippen molar-refractivity contribution in [2.24, 2.45) is 7.05 Å². The van der Waals surface area contributed by atoms with Crippen molar-refractivity contribution < 1.29 is 9.73 Å². The van der Waals surface area contributed by atoms with Crippen molar-refractivity contribution in [3.8, 4) is 11.6 Å². The molecule has 0 unspecified atom stereocenters. The maximum atomic E-state index is 9.43. The predicted octanol–water partition coefficient (Wildman–Crippen LogP) is 1.30. The lowest BCUT2D eigenvalue weighted by molar-refractivity contribution is -0.0984. The van der Waals surface area contributed by atoms with E-state index < -0.39 is 0 Å². The molecule has 3 rings (SSSR count). The number of hydrogen-bond acceptors (Lipinski definition) is 6. The van der Waals surface area contributed by atoms with Gasteiger partial charge in [-0.3, -0.25) is 0 Å². The molecule has 1 aliphatic heterocycles. The zero-order valence-corrected chi connectivity index (χ0v) is 10.6. The number of hydroxylamine groups is 2. The van der Waals surface area contributed by atoms with E-state index in [9.17, 15) is 5.21 Å². The average molecular weight is 249 g/mol. The number of hydrogen-bond donors (Lipinski definition) is 1. The second-order valence-electron chi connectivity index (χ2n) is 4.82. The van der Waals surface area contributed by atoms with Crippen molar-refractivity contribution >= 4 is 0 Å². The van der Waals surface area contributed by atoms with Crippen LogP contribution in [0.15, 0.2) is 4.52 Å². The first-order valence-electron chi connectivity index (χ1n) is 5.88. The van der Waals surface area contributed by atoms with Gasteiger partial charge >= 0.3 is 0 Å². The van der Waals surface area contributed by atoms with Gasteiger partial charge in [0.15, 0.2) is 5.82 Å². The monoisotopic (exact) mass is 249 g/mol. The maximum absolute atomic E-state index is 9.43. The fourth-order valence-corrected chi connectivity index (χ4v) is 2.07. The van der Waals surface area contributed by atoms with Crippen LogP contribution in [0.1, 0.15) is 37.0 Å². The molecule has 0 aromatic carbocycles. The van der Waals surface area contributed by atoms with Crippen molar-refractivity contribution in [1.29, 1.82) is 0 Å². The Hall–Kier alpha value is -1.73. The second-order valence-corrected chi connectivity index (χ2v) is 4.82. The molecular formula is C11H15N5O2. The third-order valence-corrected chi connectivity index (χ3v) is 3.10. The van der Waals surface area contributed by atoms with Crippen molar-refractivity contribution in [3.05, 3.63) is 17.3 Å². The minimum absolute atomic E-state index is 0.200. The molecule has 18 heavy (non-hydrogen) atoms. The van der Waals surface area contributed by atoms with Crippen LogP contribution in [0.25, 0.3) is 11.6 Å². The molecule has 1 aliphatic rings. The Kier molecular flexibility index (Phi) is 2.46. The molecule has 1 N–H and O–H groups in total. The summed E-state index contributed by atoms with van der Waals surface area (Å²) >= 11 is 0. The number of nitrogens with zero attached hydrogens (tertiary/aromatic N) is 5. The zero-order valence-electron chi connectivity index (χ0n) is 10.6. The van der Waals surface area contributed by atoms with Crippen LogP contribution >= 0.6 is 0 Å². The van der Waals surface area contributed by atoms with E-state index >= 15 is 0 Å².